The van der Waals surface area contributed by atoms with Crippen LogP contribution in [0, 0.1) is 5.82 Å². The highest BCUT2D eigenvalue weighted by Gasteiger charge is 2.07. The van der Waals surface area contributed by atoms with Gasteiger partial charge >= 0.3 is 0 Å². The lowest BCUT2D eigenvalue weighted by molar-refractivity contribution is 0.610. The minimum absolute atomic E-state index is 0.174. The molecule has 0 atom stereocenters. The fourth-order valence-electron chi connectivity index (χ4n) is 2.64. The van der Waals surface area contributed by atoms with Crippen molar-refractivity contribution in [2.24, 2.45) is 0 Å². The van der Waals surface area contributed by atoms with Gasteiger partial charge in [0.25, 0.3) is 0 Å². The maximum atomic E-state index is 13.7. The summed E-state index contributed by atoms with van der Waals surface area (Å²) >= 11 is 0. The molecule has 4 nitrogen and oxygen atoms in total. The third-order valence-electron chi connectivity index (χ3n) is 3.99. The quantitative estimate of drug-likeness (QED) is 0.615. The topological polar surface area (TPSA) is 49.8 Å². The summed E-state index contributed by atoms with van der Waals surface area (Å²) in [6.07, 6.45) is 1.59. The first-order valence-corrected chi connectivity index (χ1v) is 8.92. The minimum atomic E-state index is -0.174. The van der Waals surface area contributed by atoms with Gasteiger partial charge in [-0.3, -0.25) is 0 Å². The summed E-state index contributed by atoms with van der Waals surface area (Å²) in [5.74, 6) is 1.16. The Labute approximate surface area is 153 Å². The van der Waals surface area contributed by atoms with E-state index in [1.54, 1.807) is 12.1 Å². The molecule has 2 N–H and O–H groups in total. The van der Waals surface area contributed by atoms with E-state index in [9.17, 15) is 4.39 Å². The van der Waals surface area contributed by atoms with E-state index < -0.39 is 0 Å². The van der Waals surface area contributed by atoms with Gasteiger partial charge in [0.2, 0.25) is 5.95 Å². The zero-order valence-electron chi connectivity index (χ0n) is 14.9. The van der Waals surface area contributed by atoms with Crippen LogP contribution < -0.4 is 10.6 Å². The molecule has 1 aromatic heterocycles. The highest BCUT2D eigenvalue weighted by atomic mass is 19.1. The zero-order chi connectivity index (χ0) is 18.2. The van der Waals surface area contributed by atoms with Crippen LogP contribution in [0.4, 0.5) is 16.2 Å². The van der Waals surface area contributed by atoms with Crippen molar-refractivity contribution >= 4 is 11.8 Å². The van der Waals surface area contributed by atoms with Gasteiger partial charge < -0.3 is 10.6 Å². The van der Waals surface area contributed by atoms with Gasteiger partial charge in [-0.1, -0.05) is 55.5 Å². The van der Waals surface area contributed by atoms with E-state index in [-0.39, 0.29) is 5.82 Å². The maximum absolute atomic E-state index is 13.7. The van der Waals surface area contributed by atoms with Gasteiger partial charge in [0.15, 0.2) is 0 Å². The van der Waals surface area contributed by atoms with Crippen LogP contribution in [-0.2, 0) is 6.42 Å². The molecule has 0 aliphatic rings. The lowest BCUT2D eigenvalue weighted by Gasteiger charge is -2.11. The fourth-order valence-corrected chi connectivity index (χ4v) is 2.64. The molecule has 0 spiro atoms. The highest BCUT2D eigenvalue weighted by molar-refractivity contribution is 5.64. The number of rotatable bonds is 8. The molecule has 26 heavy (non-hydrogen) atoms. The minimum Gasteiger partial charge on any atom is -0.370 e. The van der Waals surface area contributed by atoms with Crippen LogP contribution in [0.5, 0.6) is 0 Å². The molecule has 0 aliphatic carbocycles. The molecule has 0 saturated heterocycles. The number of halogens is 1. The molecule has 0 aliphatic heterocycles. The Bertz CT molecular complexity index is 836. The van der Waals surface area contributed by atoms with Gasteiger partial charge in [0, 0.05) is 24.7 Å². The first-order valence-electron chi connectivity index (χ1n) is 8.92. The molecule has 2 aromatic carbocycles. The fraction of sp³-hybridized carbons (Fsp3) is 0.238. The van der Waals surface area contributed by atoms with Crippen LogP contribution >= 0.6 is 0 Å². The maximum Gasteiger partial charge on any atom is 0.225 e. The van der Waals surface area contributed by atoms with Crippen LogP contribution in [0.1, 0.15) is 18.9 Å². The number of anilines is 2. The van der Waals surface area contributed by atoms with Crippen LogP contribution in [-0.4, -0.2) is 23.1 Å². The molecule has 0 saturated carbocycles. The second-order valence-electron chi connectivity index (χ2n) is 6.02. The van der Waals surface area contributed by atoms with Gasteiger partial charge in [-0.2, -0.15) is 4.98 Å². The molecule has 0 amide bonds. The van der Waals surface area contributed by atoms with Crippen molar-refractivity contribution in [2.45, 2.75) is 19.8 Å². The smallest absolute Gasteiger partial charge is 0.225 e. The molecular formula is C21H23FN4. The third kappa shape index (κ3) is 4.79. The van der Waals surface area contributed by atoms with E-state index in [4.69, 9.17) is 0 Å². The lowest BCUT2D eigenvalue weighted by Crippen LogP contribution is -2.11. The van der Waals surface area contributed by atoms with Crippen molar-refractivity contribution < 1.29 is 4.39 Å². The Kier molecular flexibility index (Phi) is 6.14. The Hall–Kier alpha value is -2.95. The van der Waals surface area contributed by atoms with E-state index in [1.165, 1.54) is 6.07 Å². The van der Waals surface area contributed by atoms with Gasteiger partial charge in [0.05, 0.1) is 5.69 Å². The van der Waals surface area contributed by atoms with E-state index >= 15 is 0 Å². The van der Waals surface area contributed by atoms with Gasteiger partial charge in [0.1, 0.15) is 11.6 Å². The van der Waals surface area contributed by atoms with Crippen molar-refractivity contribution in [1.82, 2.24) is 9.97 Å². The molecule has 0 fully saturated rings. The van der Waals surface area contributed by atoms with Crippen molar-refractivity contribution in [3.05, 3.63) is 72.0 Å². The second kappa shape index (κ2) is 8.94. The number of aromatic nitrogens is 2. The summed E-state index contributed by atoms with van der Waals surface area (Å²) in [6, 6.07) is 18.8. The lowest BCUT2D eigenvalue weighted by atomic mass is 10.1. The predicted octanol–water partition coefficient (Wildman–Crippen LogP) is 4.76. The molecule has 3 rings (SSSR count). The van der Waals surface area contributed by atoms with Crippen LogP contribution in [0.3, 0.4) is 0 Å². The standard InChI is InChI=1S/C21H23FN4/c1-2-13-24-21-25-19(17-9-4-3-5-10-17)15-20(26-21)23-14-12-16-8-6-7-11-18(16)22/h3-11,15H,2,12-14H2,1H3,(H2,23,24,25,26). The van der Waals surface area contributed by atoms with E-state index in [0.29, 0.717) is 24.5 Å². The van der Waals surface area contributed by atoms with Gasteiger partial charge in [-0.25, -0.2) is 9.37 Å². The average Bonchev–Trinajstić information content (AvgIpc) is 2.68. The van der Waals surface area contributed by atoms with Gasteiger partial charge in [-0.05, 0) is 24.5 Å². The summed E-state index contributed by atoms with van der Waals surface area (Å²) in [4.78, 5) is 9.12. The average molecular weight is 350 g/mol. The zero-order valence-corrected chi connectivity index (χ0v) is 14.9. The van der Waals surface area contributed by atoms with Crippen molar-refractivity contribution in [2.75, 3.05) is 23.7 Å². The van der Waals surface area contributed by atoms with Crippen LogP contribution in [0.25, 0.3) is 11.3 Å². The first kappa shape index (κ1) is 17.9. The summed E-state index contributed by atoms with van der Waals surface area (Å²) in [5.41, 5.74) is 2.58. The Morgan fingerprint density at radius 1 is 0.885 bits per heavy atom. The SMILES string of the molecule is CCCNc1nc(NCCc2ccccc2F)cc(-c2ccccc2)n1. The molecule has 5 heteroatoms. The number of benzene rings is 2. The van der Waals surface area contributed by atoms with Crippen molar-refractivity contribution in [3.8, 4) is 11.3 Å². The molecule has 1 heterocycles. The van der Waals surface area contributed by atoms with E-state index in [0.717, 1.165) is 30.0 Å². The number of nitrogens with one attached hydrogen (secondary N) is 2. The van der Waals surface area contributed by atoms with Crippen LogP contribution in [0.2, 0.25) is 0 Å². The van der Waals surface area contributed by atoms with E-state index in [2.05, 4.69) is 27.5 Å². The van der Waals surface area contributed by atoms with E-state index in [1.807, 2.05) is 42.5 Å². The Morgan fingerprint density at radius 2 is 1.65 bits per heavy atom. The van der Waals surface area contributed by atoms with Crippen molar-refractivity contribution in [1.29, 1.82) is 0 Å². The highest BCUT2D eigenvalue weighted by Crippen LogP contribution is 2.21. The summed E-state index contributed by atoms with van der Waals surface area (Å²) in [5, 5.41) is 6.53. The normalized spacial score (nSPS) is 10.5. The molecule has 0 bridgehead atoms. The summed E-state index contributed by atoms with van der Waals surface area (Å²) in [7, 11) is 0. The largest absolute Gasteiger partial charge is 0.370 e. The third-order valence-corrected chi connectivity index (χ3v) is 3.99. The molecule has 0 unspecified atom stereocenters. The Balaban J connectivity index is 1.75. The molecule has 3 aromatic rings. The Morgan fingerprint density at radius 3 is 2.42 bits per heavy atom. The molecule has 0 radical (unpaired) electrons. The van der Waals surface area contributed by atoms with Gasteiger partial charge in [-0.15, -0.1) is 0 Å². The molecular weight excluding hydrogens is 327 g/mol. The van der Waals surface area contributed by atoms with Crippen LogP contribution in [0.15, 0.2) is 60.7 Å². The summed E-state index contributed by atoms with van der Waals surface area (Å²) in [6.45, 7) is 3.51. The predicted molar refractivity (Wildman–Crippen MR) is 105 cm³/mol. The number of hydrogen-bond acceptors (Lipinski definition) is 4. The summed E-state index contributed by atoms with van der Waals surface area (Å²) < 4.78 is 13.7. The van der Waals surface area contributed by atoms with Crippen molar-refractivity contribution in [3.63, 3.8) is 0 Å². The number of nitrogens with zero attached hydrogens (tertiary/aromatic N) is 2. The first-order chi connectivity index (χ1) is 12.8. The second-order valence-corrected chi connectivity index (χ2v) is 6.02. The molecule has 134 valence electrons. The number of hydrogen-bond donors (Lipinski definition) is 2. The monoisotopic (exact) mass is 350 g/mol.